The maximum absolute atomic E-state index is 8.90. The number of nitrogens with zero attached hydrogens (tertiary/aromatic N) is 1. The molecule has 3 nitrogen and oxygen atoms in total. The molecule has 0 radical (unpaired) electrons. The third-order valence-corrected chi connectivity index (χ3v) is 3.88. The SMILES string of the molecule is Cc1ccc(C)c(COc2c(N)cc(C#N)cc2I)c1. The first kappa shape index (κ1) is 14.7. The molecule has 0 fully saturated rings. The van der Waals surface area contributed by atoms with Gasteiger partial charge in [-0.3, -0.25) is 0 Å². The molecule has 0 aliphatic carbocycles. The number of benzene rings is 2. The van der Waals surface area contributed by atoms with Crippen molar-refractivity contribution in [1.82, 2.24) is 0 Å². The lowest BCUT2D eigenvalue weighted by molar-refractivity contribution is 0.305. The van der Waals surface area contributed by atoms with Gasteiger partial charge in [0.15, 0.2) is 5.75 Å². The number of nitriles is 1. The molecule has 0 amide bonds. The van der Waals surface area contributed by atoms with E-state index in [0.717, 1.165) is 9.13 Å². The predicted octanol–water partition coefficient (Wildman–Crippen LogP) is 3.94. The van der Waals surface area contributed by atoms with Gasteiger partial charge in [0.2, 0.25) is 0 Å². The first-order valence-corrected chi connectivity index (χ1v) is 7.27. The fourth-order valence-corrected chi connectivity index (χ4v) is 2.74. The Balaban J connectivity index is 2.23. The van der Waals surface area contributed by atoms with Crippen LogP contribution in [0.5, 0.6) is 5.75 Å². The van der Waals surface area contributed by atoms with Crippen LogP contribution in [0.2, 0.25) is 0 Å². The maximum atomic E-state index is 8.90. The predicted molar refractivity (Wildman–Crippen MR) is 88.5 cm³/mol. The van der Waals surface area contributed by atoms with Crippen LogP contribution in [0.15, 0.2) is 30.3 Å². The number of hydrogen-bond donors (Lipinski definition) is 1. The molecule has 0 spiro atoms. The van der Waals surface area contributed by atoms with E-state index in [4.69, 9.17) is 15.7 Å². The molecule has 0 unspecified atom stereocenters. The molecule has 0 atom stereocenters. The van der Waals surface area contributed by atoms with Gasteiger partial charge in [-0.25, -0.2) is 0 Å². The lowest BCUT2D eigenvalue weighted by atomic mass is 10.1. The topological polar surface area (TPSA) is 59.0 Å². The largest absolute Gasteiger partial charge is 0.486 e. The zero-order valence-electron chi connectivity index (χ0n) is 11.4. The quantitative estimate of drug-likeness (QED) is 0.650. The van der Waals surface area contributed by atoms with Gasteiger partial charge in [-0.2, -0.15) is 5.26 Å². The molecule has 0 heterocycles. The summed E-state index contributed by atoms with van der Waals surface area (Å²) in [4.78, 5) is 0. The van der Waals surface area contributed by atoms with Crippen LogP contribution in [0.25, 0.3) is 0 Å². The summed E-state index contributed by atoms with van der Waals surface area (Å²) >= 11 is 2.14. The summed E-state index contributed by atoms with van der Waals surface area (Å²) in [6, 6.07) is 11.8. The monoisotopic (exact) mass is 378 g/mol. The summed E-state index contributed by atoms with van der Waals surface area (Å²) in [5.41, 5.74) is 10.5. The Hall–Kier alpha value is -1.74. The van der Waals surface area contributed by atoms with Crippen LogP contribution in [0.3, 0.4) is 0 Å². The molecule has 0 aliphatic rings. The summed E-state index contributed by atoms with van der Waals surface area (Å²) in [5, 5.41) is 8.90. The van der Waals surface area contributed by atoms with Gasteiger partial charge in [-0.05, 0) is 59.7 Å². The van der Waals surface area contributed by atoms with Crippen LogP contribution in [0, 0.1) is 28.7 Å². The number of halogens is 1. The van der Waals surface area contributed by atoms with E-state index in [1.807, 2.05) is 0 Å². The van der Waals surface area contributed by atoms with Crippen molar-refractivity contribution in [3.05, 3.63) is 56.2 Å². The average Bonchev–Trinajstić information content (AvgIpc) is 2.41. The van der Waals surface area contributed by atoms with Crippen molar-refractivity contribution in [2.75, 3.05) is 5.73 Å². The zero-order chi connectivity index (χ0) is 14.7. The molecule has 2 rings (SSSR count). The Labute approximate surface area is 132 Å². The highest BCUT2D eigenvalue weighted by molar-refractivity contribution is 14.1. The van der Waals surface area contributed by atoms with Gasteiger partial charge in [0.1, 0.15) is 6.61 Å². The molecule has 0 aromatic heterocycles. The fourth-order valence-electron chi connectivity index (χ4n) is 1.94. The Morgan fingerprint density at radius 3 is 2.65 bits per heavy atom. The second-order valence-corrected chi connectivity index (χ2v) is 5.87. The Morgan fingerprint density at radius 2 is 2.00 bits per heavy atom. The van der Waals surface area contributed by atoms with Crippen molar-refractivity contribution in [2.45, 2.75) is 20.5 Å². The lowest BCUT2D eigenvalue weighted by Gasteiger charge is -2.13. The van der Waals surface area contributed by atoms with Gasteiger partial charge in [0.25, 0.3) is 0 Å². The molecule has 0 aliphatic heterocycles. The number of ether oxygens (including phenoxy) is 1. The minimum atomic E-state index is 0.472. The Kier molecular flexibility index (Phi) is 4.50. The van der Waals surface area contributed by atoms with Crippen LogP contribution in [0.1, 0.15) is 22.3 Å². The third kappa shape index (κ3) is 3.23. The highest BCUT2D eigenvalue weighted by atomic mass is 127. The molecule has 0 bridgehead atoms. The van der Waals surface area contributed by atoms with Crippen molar-refractivity contribution in [3.63, 3.8) is 0 Å². The van der Waals surface area contributed by atoms with Crippen LogP contribution in [0.4, 0.5) is 5.69 Å². The van der Waals surface area contributed by atoms with E-state index >= 15 is 0 Å². The van der Waals surface area contributed by atoms with Gasteiger partial charge < -0.3 is 10.5 Å². The van der Waals surface area contributed by atoms with Gasteiger partial charge in [-0.1, -0.05) is 23.8 Å². The summed E-state index contributed by atoms with van der Waals surface area (Å²) in [6.45, 7) is 4.59. The molecular formula is C16H15IN2O. The van der Waals surface area contributed by atoms with E-state index in [1.165, 1.54) is 11.1 Å². The Bertz CT molecular complexity index is 666. The molecule has 20 heavy (non-hydrogen) atoms. The number of hydrogen-bond acceptors (Lipinski definition) is 3. The zero-order valence-corrected chi connectivity index (χ0v) is 13.6. The lowest BCUT2D eigenvalue weighted by Crippen LogP contribution is -2.03. The van der Waals surface area contributed by atoms with Crippen LogP contribution in [-0.2, 0) is 6.61 Å². The van der Waals surface area contributed by atoms with E-state index in [0.29, 0.717) is 23.6 Å². The highest BCUT2D eigenvalue weighted by Gasteiger charge is 2.09. The average molecular weight is 378 g/mol. The summed E-state index contributed by atoms with van der Waals surface area (Å²) < 4.78 is 6.70. The van der Waals surface area contributed by atoms with Crippen molar-refractivity contribution in [3.8, 4) is 11.8 Å². The first-order chi connectivity index (χ1) is 9.51. The molecule has 102 valence electrons. The van der Waals surface area contributed by atoms with E-state index in [9.17, 15) is 0 Å². The van der Waals surface area contributed by atoms with Crippen LogP contribution >= 0.6 is 22.6 Å². The smallest absolute Gasteiger partial charge is 0.156 e. The van der Waals surface area contributed by atoms with E-state index < -0.39 is 0 Å². The van der Waals surface area contributed by atoms with Gasteiger partial charge in [0.05, 0.1) is 20.9 Å². The minimum absolute atomic E-state index is 0.472. The van der Waals surface area contributed by atoms with Crippen molar-refractivity contribution < 1.29 is 4.74 Å². The van der Waals surface area contributed by atoms with Crippen LogP contribution < -0.4 is 10.5 Å². The highest BCUT2D eigenvalue weighted by Crippen LogP contribution is 2.30. The first-order valence-electron chi connectivity index (χ1n) is 6.19. The summed E-state index contributed by atoms with van der Waals surface area (Å²) in [6.07, 6.45) is 0. The van der Waals surface area contributed by atoms with E-state index in [1.54, 1.807) is 12.1 Å². The summed E-state index contributed by atoms with van der Waals surface area (Å²) in [5.74, 6) is 0.644. The third-order valence-electron chi connectivity index (χ3n) is 3.08. The normalized spacial score (nSPS) is 10.1. The molecule has 0 saturated carbocycles. The van der Waals surface area contributed by atoms with Crippen molar-refractivity contribution in [1.29, 1.82) is 5.26 Å². The number of anilines is 1. The van der Waals surface area contributed by atoms with Gasteiger partial charge >= 0.3 is 0 Å². The van der Waals surface area contributed by atoms with Gasteiger partial charge in [-0.15, -0.1) is 0 Å². The molecular weight excluding hydrogens is 363 g/mol. The maximum Gasteiger partial charge on any atom is 0.156 e. The second kappa shape index (κ2) is 6.14. The molecule has 0 saturated heterocycles. The van der Waals surface area contributed by atoms with Crippen molar-refractivity contribution >= 4 is 28.3 Å². The number of aryl methyl sites for hydroxylation is 2. The number of nitrogens with two attached hydrogens (primary N) is 1. The molecule has 2 N–H and O–H groups in total. The van der Waals surface area contributed by atoms with Crippen LogP contribution in [-0.4, -0.2) is 0 Å². The molecule has 2 aromatic rings. The van der Waals surface area contributed by atoms with Gasteiger partial charge in [0, 0.05) is 0 Å². The van der Waals surface area contributed by atoms with E-state index in [-0.39, 0.29) is 0 Å². The summed E-state index contributed by atoms with van der Waals surface area (Å²) in [7, 11) is 0. The minimum Gasteiger partial charge on any atom is -0.486 e. The number of nitrogen functional groups attached to an aromatic ring is 1. The fraction of sp³-hybridized carbons (Fsp3) is 0.188. The standard InChI is InChI=1S/C16H15IN2O/c1-10-3-4-11(2)13(5-10)9-20-16-14(17)6-12(8-18)7-15(16)19/h3-7H,9,19H2,1-2H3. The molecule has 2 aromatic carbocycles. The number of rotatable bonds is 3. The second-order valence-electron chi connectivity index (χ2n) is 4.71. The molecule has 4 heteroatoms. The van der Waals surface area contributed by atoms with Crippen molar-refractivity contribution in [2.24, 2.45) is 0 Å². The Morgan fingerprint density at radius 1 is 1.25 bits per heavy atom. The van der Waals surface area contributed by atoms with E-state index in [2.05, 4.69) is 60.7 Å².